The summed E-state index contributed by atoms with van der Waals surface area (Å²) in [5.74, 6) is -1.62. The van der Waals surface area contributed by atoms with Crippen LogP contribution in [0.25, 0.3) is 11.1 Å². The topological polar surface area (TPSA) is 37.3 Å². The van der Waals surface area contributed by atoms with Crippen molar-refractivity contribution in [2.24, 2.45) is 0 Å². The second-order valence-corrected chi connectivity index (χ2v) is 4.82. The summed E-state index contributed by atoms with van der Waals surface area (Å²) in [6.07, 6.45) is -0.340. The lowest BCUT2D eigenvalue weighted by Crippen LogP contribution is -2.02. The van der Waals surface area contributed by atoms with Gasteiger partial charge in [-0.25, -0.2) is 4.39 Å². The molecule has 0 aliphatic heterocycles. The van der Waals surface area contributed by atoms with Crippen molar-refractivity contribution in [1.82, 2.24) is 0 Å². The van der Waals surface area contributed by atoms with Crippen molar-refractivity contribution in [3.63, 3.8) is 0 Å². The van der Waals surface area contributed by atoms with Gasteiger partial charge in [-0.05, 0) is 34.9 Å². The van der Waals surface area contributed by atoms with E-state index in [1.807, 2.05) is 0 Å². The summed E-state index contributed by atoms with van der Waals surface area (Å²) in [4.78, 5) is 10.6. The summed E-state index contributed by atoms with van der Waals surface area (Å²) in [5, 5.41) is 9.45. The Labute approximate surface area is 119 Å². The molecule has 2 nitrogen and oxygen atoms in total. The molecule has 19 heavy (non-hydrogen) atoms. The molecule has 2 aromatic carbocycles. The second-order valence-electron chi connectivity index (χ2n) is 4.01. The number of carboxylic acid groups (broad SMARTS) is 1. The fraction of sp³-hybridized carbons (Fsp3) is 0.0714. The maximum atomic E-state index is 13.8. The third-order valence-electron chi connectivity index (χ3n) is 2.65. The maximum Gasteiger partial charge on any atom is 0.307 e. The molecule has 1 N–H and O–H groups in total. The molecular formula is C14H9Cl2FO2. The van der Waals surface area contributed by atoms with Gasteiger partial charge >= 0.3 is 5.97 Å². The van der Waals surface area contributed by atoms with Crippen LogP contribution in [0.4, 0.5) is 4.39 Å². The monoisotopic (exact) mass is 298 g/mol. The highest BCUT2D eigenvalue weighted by Gasteiger charge is 2.09. The number of halogens is 3. The van der Waals surface area contributed by atoms with Crippen LogP contribution in [0.1, 0.15) is 5.56 Å². The average molecular weight is 299 g/mol. The fourth-order valence-corrected chi connectivity index (χ4v) is 2.01. The Hall–Kier alpha value is -1.58. The molecule has 0 unspecified atom stereocenters. The zero-order valence-corrected chi connectivity index (χ0v) is 11.2. The number of rotatable bonds is 3. The molecule has 0 amide bonds. The van der Waals surface area contributed by atoms with Crippen molar-refractivity contribution >= 4 is 29.2 Å². The molecule has 5 heteroatoms. The van der Waals surface area contributed by atoms with Gasteiger partial charge in [0.25, 0.3) is 0 Å². The summed E-state index contributed by atoms with van der Waals surface area (Å²) in [6.45, 7) is 0. The van der Waals surface area contributed by atoms with Crippen LogP contribution in [0.5, 0.6) is 0 Å². The summed E-state index contributed by atoms with van der Waals surface area (Å²) >= 11 is 11.7. The zero-order chi connectivity index (χ0) is 14.0. The third kappa shape index (κ3) is 3.25. The van der Waals surface area contributed by atoms with Crippen molar-refractivity contribution in [2.45, 2.75) is 6.42 Å². The van der Waals surface area contributed by atoms with Crippen LogP contribution >= 0.6 is 23.2 Å². The number of hydrogen-bond acceptors (Lipinski definition) is 1. The SMILES string of the molecule is O=C(O)Cc1ccc(-c2ccc(Cl)c(Cl)c2)cc1F. The molecule has 0 fully saturated rings. The highest BCUT2D eigenvalue weighted by Crippen LogP contribution is 2.29. The second kappa shape index (κ2) is 5.59. The van der Waals surface area contributed by atoms with E-state index in [0.717, 1.165) is 5.56 Å². The quantitative estimate of drug-likeness (QED) is 0.910. The van der Waals surface area contributed by atoms with E-state index >= 15 is 0 Å². The Morgan fingerprint density at radius 3 is 2.26 bits per heavy atom. The molecule has 0 aromatic heterocycles. The van der Waals surface area contributed by atoms with Gasteiger partial charge < -0.3 is 5.11 Å². The predicted octanol–water partition coefficient (Wildman–Crippen LogP) is 4.43. The van der Waals surface area contributed by atoms with Crippen molar-refractivity contribution in [3.05, 3.63) is 57.8 Å². The van der Waals surface area contributed by atoms with E-state index in [1.165, 1.54) is 12.1 Å². The van der Waals surface area contributed by atoms with Gasteiger partial charge in [-0.3, -0.25) is 4.79 Å². The smallest absolute Gasteiger partial charge is 0.307 e. The van der Waals surface area contributed by atoms with E-state index in [1.54, 1.807) is 24.3 Å². The summed E-state index contributed by atoms with van der Waals surface area (Å²) in [6, 6.07) is 9.39. The Bertz CT molecular complexity index is 641. The van der Waals surface area contributed by atoms with Gasteiger partial charge in [-0.1, -0.05) is 41.4 Å². The third-order valence-corrected chi connectivity index (χ3v) is 3.39. The zero-order valence-electron chi connectivity index (χ0n) is 9.66. The lowest BCUT2D eigenvalue weighted by molar-refractivity contribution is -0.136. The van der Waals surface area contributed by atoms with Gasteiger partial charge in [0.2, 0.25) is 0 Å². The molecule has 98 valence electrons. The van der Waals surface area contributed by atoms with Gasteiger partial charge in [-0.2, -0.15) is 0 Å². The van der Waals surface area contributed by atoms with Crippen LogP contribution < -0.4 is 0 Å². The molecule has 0 heterocycles. The van der Waals surface area contributed by atoms with Gasteiger partial charge in [0, 0.05) is 0 Å². The van der Waals surface area contributed by atoms with Gasteiger partial charge in [0.1, 0.15) is 5.82 Å². The van der Waals surface area contributed by atoms with Gasteiger partial charge in [0.15, 0.2) is 0 Å². The molecule has 0 saturated carbocycles. The van der Waals surface area contributed by atoms with Crippen LogP contribution in [-0.4, -0.2) is 11.1 Å². The minimum atomic E-state index is -1.07. The Morgan fingerprint density at radius 1 is 1.05 bits per heavy atom. The Morgan fingerprint density at radius 2 is 1.68 bits per heavy atom. The molecule has 0 aliphatic carbocycles. The minimum absolute atomic E-state index is 0.149. The molecule has 0 atom stereocenters. The van der Waals surface area contributed by atoms with E-state index in [4.69, 9.17) is 28.3 Å². The van der Waals surface area contributed by atoms with E-state index in [0.29, 0.717) is 15.6 Å². The van der Waals surface area contributed by atoms with E-state index < -0.39 is 11.8 Å². The van der Waals surface area contributed by atoms with E-state index in [-0.39, 0.29) is 12.0 Å². The normalized spacial score (nSPS) is 10.5. The first kappa shape index (κ1) is 13.8. The van der Waals surface area contributed by atoms with Crippen LogP contribution in [-0.2, 0) is 11.2 Å². The summed E-state index contributed by atoms with van der Waals surface area (Å²) in [7, 11) is 0. The van der Waals surface area contributed by atoms with Crippen molar-refractivity contribution in [1.29, 1.82) is 0 Å². The summed E-state index contributed by atoms with van der Waals surface area (Å²) in [5.41, 5.74) is 1.48. The van der Waals surface area contributed by atoms with Crippen LogP contribution in [0.2, 0.25) is 10.0 Å². The molecule has 0 bridgehead atoms. The first-order chi connectivity index (χ1) is 8.97. The number of hydrogen-bond donors (Lipinski definition) is 1. The van der Waals surface area contributed by atoms with Gasteiger partial charge in [0.05, 0.1) is 16.5 Å². The molecule has 0 aliphatic rings. The van der Waals surface area contributed by atoms with Crippen LogP contribution in [0.3, 0.4) is 0 Å². The van der Waals surface area contributed by atoms with Crippen molar-refractivity contribution in [2.75, 3.05) is 0 Å². The number of aliphatic carboxylic acids is 1. The molecule has 2 rings (SSSR count). The summed E-state index contributed by atoms with van der Waals surface area (Å²) < 4.78 is 13.8. The highest BCUT2D eigenvalue weighted by atomic mass is 35.5. The lowest BCUT2D eigenvalue weighted by Gasteiger charge is -2.06. The van der Waals surface area contributed by atoms with Crippen LogP contribution in [0, 0.1) is 5.82 Å². The average Bonchev–Trinajstić information content (AvgIpc) is 2.35. The van der Waals surface area contributed by atoms with Crippen LogP contribution in [0.15, 0.2) is 36.4 Å². The first-order valence-corrected chi connectivity index (χ1v) is 6.18. The Balaban J connectivity index is 2.38. The maximum absolute atomic E-state index is 13.8. The first-order valence-electron chi connectivity index (χ1n) is 5.43. The molecular weight excluding hydrogens is 290 g/mol. The van der Waals surface area contributed by atoms with Gasteiger partial charge in [-0.15, -0.1) is 0 Å². The molecule has 0 spiro atoms. The Kier molecular flexibility index (Phi) is 4.08. The largest absolute Gasteiger partial charge is 0.481 e. The predicted molar refractivity (Wildman–Crippen MR) is 73.2 cm³/mol. The number of carboxylic acids is 1. The number of carbonyl (C=O) groups is 1. The molecule has 2 aromatic rings. The van der Waals surface area contributed by atoms with E-state index in [9.17, 15) is 9.18 Å². The fourth-order valence-electron chi connectivity index (χ4n) is 1.71. The molecule has 0 radical (unpaired) electrons. The minimum Gasteiger partial charge on any atom is -0.481 e. The van der Waals surface area contributed by atoms with Crippen molar-refractivity contribution in [3.8, 4) is 11.1 Å². The molecule has 0 saturated heterocycles. The number of benzene rings is 2. The standard InChI is InChI=1S/C14H9Cl2FO2/c15-11-4-3-8(5-12(11)16)9-1-2-10(7-14(18)19)13(17)6-9/h1-6H,7H2,(H,18,19). The highest BCUT2D eigenvalue weighted by molar-refractivity contribution is 6.42. The lowest BCUT2D eigenvalue weighted by atomic mass is 10.0. The van der Waals surface area contributed by atoms with E-state index in [2.05, 4.69) is 0 Å². The van der Waals surface area contributed by atoms with Crippen molar-refractivity contribution < 1.29 is 14.3 Å².